The SMILES string of the molecule is C(=CC=C=C(c1ccccc1)c1ccccc1)=C(c1ccccc1)c1ccccc1. The van der Waals surface area contributed by atoms with E-state index in [0.717, 1.165) is 33.4 Å². The highest BCUT2D eigenvalue weighted by molar-refractivity contribution is 5.80. The van der Waals surface area contributed by atoms with Gasteiger partial charge in [0.15, 0.2) is 0 Å². The molecule has 4 aromatic rings. The molecule has 0 amide bonds. The Hall–Kier alpha value is -4.08. The predicted molar refractivity (Wildman–Crippen MR) is 127 cm³/mol. The maximum atomic E-state index is 3.47. The highest BCUT2D eigenvalue weighted by Crippen LogP contribution is 2.23. The Kier molecular flexibility index (Phi) is 6.36. The van der Waals surface area contributed by atoms with Crippen molar-refractivity contribution in [1.29, 1.82) is 0 Å². The van der Waals surface area contributed by atoms with Crippen LogP contribution in [0, 0.1) is 0 Å². The van der Waals surface area contributed by atoms with Gasteiger partial charge >= 0.3 is 0 Å². The summed E-state index contributed by atoms with van der Waals surface area (Å²) in [4.78, 5) is 0. The fourth-order valence-electron chi connectivity index (χ4n) is 3.34. The topological polar surface area (TPSA) is 0 Å². The second kappa shape index (κ2) is 9.92. The van der Waals surface area contributed by atoms with Crippen LogP contribution in [0.2, 0.25) is 0 Å². The van der Waals surface area contributed by atoms with Crippen LogP contribution in [0.15, 0.2) is 145 Å². The van der Waals surface area contributed by atoms with Gasteiger partial charge in [0, 0.05) is 11.1 Å². The van der Waals surface area contributed by atoms with Crippen LogP contribution in [0.3, 0.4) is 0 Å². The summed E-state index contributed by atoms with van der Waals surface area (Å²) in [6.45, 7) is 0. The summed E-state index contributed by atoms with van der Waals surface area (Å²) in [5, 5.41) is 0. The predicted octanol–water partition coefficient (Wildman–Crippen LogP) is 7.56. The Balaban J connectivity index is 1.81. The molecule has 4 rings (SSSR count). The van der Waals surface area contributed by atoms with Gasteiger partial charge in [-0.05, 0) is 34.4 Å². The number of hydrogen-bond donors (Lipinski definition) is 0. The van der Waals surface area contributed by atoms with Crippen LogP contribution < -0.4 is 0 Å². The van der Waals surface area contributed by atoms with E-state index in [0.29, 0.717) is 0 Å². The van der Waals surface area contributed by atoms with E-state index < -0.39 is 0 Å². The van der Waals surface area contributed by atoms with Crippen LogP contribution >= 0.6 is 0 Å². The van der Waals surface area contributed by atoms with E-state index in [-0.39, 0.29) is 0 Å². The Morgan fingerprint density at radius 2 is 0.600 bits per heavy atom. The first kappa shape index (κ1) is 19.2. The first-order chi connectivity index (χ1) is 14.9. The molecule has 30 heavy (non-hydrogen) atoms. The van der Waals surface area contributed by atoms with Crippen LogP contribution in [0.25, 0.3) is 11.1 Å². The van der Waals surface area contributed by atoms with Crippen molar-refractivity contribution in [3.63, 3.8) is 0 Å². The molecule has 0 saturated heterocycles. The third kappa shape index (κ3) is 4.85. The van der Waals surface area contributed by atoms with Crippen molar-refractivity contribution >= 4 is 11.1 Å². The van der Waals surface area contributed by atoms with Gasteiger partial charge in [0.25, 0.3) is 0 Å². The molecular formula is C30H22. The average Bonchev–Trinajstić information content (AvgIpc) is 2.84. The first-order valence-corrected chi connectivity index (χ1v) is 10.1. The molecule has 4 aromatic carbocycles. The van der Waals surface area contributed by atoms with Gasteiger partial charge in [-0.2, -0.15) is 0 Å². The Labute approximate surface area is 178 Å². The molecule has 0 spiro atoms. The molecule has 0 aromatic heterocycles. The zero-order valence-corrected chi connectivity index (χ0v) is 16.7. The van der Waals surface area contributed by atoms with E-state index >= 15 is 0 Å². The molecule has 0 nitrogen and oxygen atoms in total. The smallest absolute Gasteiger partial charge is 0.0309 e. The lowest BCUT2D eigenvalue weighted by Crippen LogP contribution is -1.86. The third-order valence-corrected chi connectivity index (χ3v) is 4.79. The highest BCUT2D eigenvalue weighted by Gasteiger charge is 2.03. The zero-order valence-electron chi connectivity index (χ0n) is 16.7. The van der Waals surface area contributed by atoms with Crippen LogP contribution in [-0.2, 0) is 0 Å². The van der Waals surface area contributed by atoms with Crippen molar-refractivity contribution in [2.75, 3.05) is 0 Å². The first-order valence-electron chi connectivity index (χ1n) is 10.1. The maximum absolute atomic E-state index is 3.47. The van der Waals surface area contributed by atoms with Gasteiger partial charge in [0.05, 0.1) is 0 Å². The molecule has 142 valence electrons. The quantitative estimate of drug-likeness (QED) is 0.247. The van der Waals surface area contributed by atoms with E-state index in [1.807, 2.05) is 36.4 Å². The van der Waals surface area contributed by atoms with Gasteiger partial charge in [-0.25, -0.2) is 0 Å². The van der Waals surface area contributed by atoms with Crippen molar-refractivity contribution in [3.8, 4) is 0 Å². The lowest BCUT2D eigenvalue weighted by molar-refractivity contribution is 1.55. The second-order valence-electron chi connectivity index (χ2n) is 6.84. The van der Waals surface area contributed by atoms with Crippen LogP contribution in [-0.4, -0.2) is 0 Å². The van der Waals surface area contributed by atoms with E-state index in [4.69, 9.17) is 0 Å². The molecule has 0 heteroatoms. The molecule has 0 aliphatic carbocycles. The fraction of sp³-hybridized carbons (Fsp3) is 0. The largest absolute Gasteiger partial charge is 0.111 e. The summed E-state index contributed by atoms with van der Waals surface area (Å²) in [5.41, 5.74) is 13.6. The summed E-state index contributed by atoms with van der Waals surface area (Å²) < 4.78 is 0. The summed E-state index contributed by atoms with van der Waals surface area (Å²) >= 11 is 0. The number of hydrogen-bond acceptors (Lipinski definition) is 0. The molecule has 0 bridgehead atoms. The van der Waals surface area contributed by atoms with Gasteiger partial charge in [-0.1, -0.05) is 121 Å². The van der Waals surface area contributed by atoms with Crippen LogP contribution in [0.4, 0.5) is 0 Å². The Bertz CT molecular complexity index is 1020. The van der Waals surface area contributed by atoms with E-state index in [2.05, 4.69) is 109 Å². The third-order valence-electron chi connectivity index (χ3n) is 4.79. The highest BCUT2D eigenvalue weighted by atomic mass is 14.1. The van der Waals surface area contributed by atoms with E-state index in [1.54, 1.807) is 0 Å². The van der Waals surface area contributed by atoms with Crippen LogP contribution in [0.5, 0.6) is 0 Å². The molecule has 0 N–H and O–H groups in total. The van der Waals surface area contributed by atoms with Crippen molar-refractivity contribution in [3.05, 3.63) is 167 Å². The van der Waals surface area contributed by atoms with Crippen molar-refractivity contribution in [2.45, 2.75) is 0 Å². The fourth-order valence-corrected chi connectivity index (χ4v) is 3.34. The summed E-state index contributed by atoms with van der Waals surface area (Å²) in [6, 6.07) is 41.5. The molecule has 0 radical (unpaired) electrons. The monoisotopic (exact) mass is 382 g/mol. The van der Waals surface area contributed by atoms with Crippen molar-refractivity contribution < 1.29 is 0 Å². The van der Waals surface area contributed by atoms with Gasteiger partial charge in [0.1, 0.15) is 0 Å². The number of benzene rings is 4. The van der Waals surface area contributed by atoms with Gasteiger partial charge in [-0.3, -0.25) is 0 Å². The molecule has 0 heterocycles. The van der Waals surface area contributed by atoms with Gasteiger partial charge in [-0.15, -0.1) is 11.5 Å². The van der Waals surface area contributed by atoms with E-state index in [1.165, 1.54) is 0 Å². The lowest BCUT2D eigenvalue weighted by Gasteiger charge is -2.05. The Morgan fingerprint density at radius 3 is 0.833 bits per heavy atom. The summed E-state index contributed by atoms with van der Waals surface area (Å²) in [6.07, 6.45) is 3.89. The van der Waals surface area contributed by atoms with Crippen molar-refractivity contribution in [1.82, 2.24) is 0 Å². The Morgan fingerprint density at radius 1 is 0.367 bits per heavy atom. The molecule has 0 unspecified atom stereocenters. The van der Waals surface area contributed by atoms with Crippen molar-refractivity contribution in [2.24, 2.45) is 0 Å². The standard InChI is InChI=1S/C30H22/c1-5-15-25(16-6-1)29(26-17-7-2-8-18-26)23-13-14-24-30(27-19-9-3-10-20-27)28-21-11-4-12-22-28/h1-22H. The summed E-state index contributed by atoms with van der Waals surface area (Å²) in [5.74, 6) is 0. The molecule has 0 aliphatic heterocycles. The number of rotatable bonds is 5. The van der Waals surface area contributed by atoms with E-state index in [9.17, 15) is 0 Å². The lowest BCUT2D eigenvalue weighted by atomic mass is 9.98. The molecule has 0 atom stereocenters. The molecular weight excluding hydrogens is 360 g/mol. The number of allylic oxidation sites excluding steroid dienone is 2. The minimum Gasteiger partial charge on any atom is -0.111 e. The van der Waals surface area contributed by atoms with Gasteiger partial charge < -0.3 is 0 Å². The average molecular weight is 383 g/mol. The summed E-state index contributed by atoms with van der Waals surface area (Å²) in [7, 11) is 0. The molecule has 0 fully saturated rings. The minimum atomic E-state index is 1.07. The van der Waals surface area contributed by atoms with Crippen LogP contribution in [0.1, 0.15) is 22.3 Å². The zero-order chi connectivity index (χ0) is 20.4. The second-order valence-corrected chi connectivity index (χ2v) is 6.84. The normalized spacial score (nSPS) is 9.73. The maximum Gasteiger partial charge on any atom is 0.0309 e. The van der Waals surface area contributed by atoms with Gasteiger partial charge in [0.2, 0.25) is 0 Å². The molecule has 0 saturated carbocycles. The molecule has 0 aliphatic rings. The minimum absolute atomic E-state index is 1.07.